The van der Waals surface area contributed by atoms with Crippen LogP contribution in [-0.2, 0) is 0 Å². The monoisotopic (exact) mass is 329 g/mol. The van der Waals surface area contributed by atoms with Gasteiger partial charge in [0.15, 0.2) is 0 Å². The van der Waals surface area contributed by atoms with Gasteiger partial charge >= 0.3 is 6.03 Å². The molecule has 6 heteroatoms. The highest BCUT2D eigenvalue weighted by Gasteiger charge is 2.06. The lowest BCUT2D eigenvalue weighted by Crippen LogP contribution is -2.32. The van der Waals surface area contributed by atoms with Crippen LogP contribution >= 0.6 is 11.6 Å². The minimum Gasteiger partial charge on any atom is -0.490 e. The molecule has 0 saturated carbocycles. The fourth-order valence-corrected chi connectivity index (χ4v) is 2.07. The van der Waals surface area contributed by atoms with Crippen molar-refractivity contribution in [2.24, 2.45) is 0 Å². The lowest BCUT2D eigenvalue weighted by atomic mass is 10.2. The highest BCUT2D eigenvalue weighted by atomic mass is 35.5. The molecule has 2 aromatic rings. The number of hydrogen-bond donors (Lipinski definition) is 2. The lowest BCUT2D eigenvalue weighted by molar-refractivity contribution is 0.247. The molecule has 0 atom stereocenters. The van der Waals surface area contributed by atoms with Crippen molar-refractivity contribution in [3.05, 3.63) is 58.6 Å². The number of carbonyl (C=O) groups is 1. The van der Waals surface area contributed by atoms with E-state index >= 15 is 0 Å². The second kappa shape index (κ2) is 8.06. The molecule has 2 N–H and O–H groups in total. The van der Waals surface area contributed by atoms with Gasteiger partial charge in [-0.2, -0.15) is 5.26 Å². The summed E-state index contributed by atoms with van der Waals surface area (Å²) in [6, 6.07) is 13.9. The number of urea groups is 1. The first-order valence-corrected chi connectivity index (χ1v) is 7.41. The summed E-state index contributed by atoms with van der Waals surface area (Å²) < 4.78 is 5.54. The molecular formula is C17H16ClN3O2. The minimum atomic E-state index is -0.397. The van der Waals surface area contributed by atoms with Crippen molar-refractivity contribution in [3.8, 4) is 11.8 Å². The Morgan fingerprint density at radius 3 is 2.87 bits per heavy atom. The van der Waals surface area contributed by atoms with Crippen molar-refractivity contribution in [2.45, 2.75) is 6.92 Å². The third kappa shape index (κ3) is 4.90. The molecule has 2 aromatic carbocycles. The van der Waals surface area contributed by atoms with E-state index in [-0.39, 0.29) is 6.61 Å². The number of carbonyl (C=O) groups excluding carboxylic acids is 1. The predicted octanol–water partition coefficient (Wildman–Crippen LogP) is 3.72. The van der Waals surface area contributed by atoms with Crippen molar-refractivity contribution in [1.29, 1.82) is 5.26 Å². The van der Waals surface area contributed by atoms with E-state index in [1.807, 2.05) is 25.1 Å². The zero-order chi connectivity index (χ0) is 16.7. The summed E-state index contributed by atoms with van der Waals surface area (Å²) in [4.78, 5) is 11.8. The summed E-state index contributed by atoms with van der Waals surface area (Å²) in [5.41, 5.74) is 1.92. The molecule has 0 heterocycles. The smallest absolute Gasteiger partial charge is 0.319 e. The number of benzene rings is 2. The third-order valence-electron chi connectivity index (χ3n) is 3.03. The van der Waals surface area contributed by atoms with E-state index in [1.54, 1.807) is 30.3 Å². The second-order valence-corrected chi connectivity index (χ2v) is 5.23. The standard InChI is InChI=1S/C17H16ClN3O2/c1-12-6-7-14(18)16(10-12)23-9-8-20-17(22)21-15-5-3-2-4-13(15)11-19/h2-7,10H,8-9H2,1H3,(H2,20,21,22). The molecule has 118 valence electrons. The fraction of sp³-hybridized carbons (Fsp3) is 0.176. The van der Waals surface area contributed by atoms with Crippen molar-refractivity contribution in [3.63, 3.8) is 0 Å². The summed E-state index contributed by atoms with van der Waals surface area (Å²) in [7, 11) is 0. The van der Waals surface area contributed by atoms with Crippen LogP contribution in [0.25, 0.3) is 0 Å². The topological polar surface area (TPSA) is 74.2 Å². The van der Waals surface area contributed by atoms with Gasteiger partial charge in [-0.15, -0.1) is 0 Å². The van der Waals surface area contributed by atoms with Gasteiger partial charge in [0, 0.05) is 0 Å². The van der Waals surface area contributed by atoms with Gasteiger partial charge in [-0.25, -0.2) is 4.79 Å². The van der Waals surface area contributed by atoms with Crippen LogP contribution in [0.15, 0.2) is 42.5 Å². The molecule has 2 rings (SSSR count). The Labute approximate surface area is 139 Å². The molecule has 0 aliphatic carbocycles. The molecule has 2 amide bonds. The number of nitrogens with one attached hydrogen (secondary N) is 2. The van der Waals surface area contributed by atoms with E-state index in [1.165, 1.54) is 0 Å². The zero-order valence-electron chi connectivity index (χ0n) is 12.6. The Balaban J connectivity index is 1.79. The first-order valence-electron chi connectivity index (χ1n) is 7.03. The molecule has 0 aromatic heterocycles. The van der Waals surface area contributed by atoms with Crippen LogP contribution in [0.5, 0.6) is 5.75 Å². The van der Waals surface area contributed by atoms with Crippen molar-refractivity contribution in [1.82, 2.24) is 5.32 Å². The first kappa shape index (κ1) is 16.7. The summed E-state index contributed by atoms with van der Waals surface area (Å²) in [5.74, 6) is 0.587. The molecule has 0 unspecified atom stereocenters. The van der Waals surface area contributed by atoms with Crippen molar-refractivity contribution >= 4 is 23.3 Å². The van der Waals surface area contributed by atoms with Gasteiger partial charge in [-0.05, 0) is 36.8 Å². The van der Waals surface area contributed by atoms with E-state index in [9.17, 15) is 4.79 Å². The minimum absolute atomic E-state index is 0.288. The fourth-order valence-electron chi connectivity index (χ4n) is 1.90. The molecule has 23 heavy (non-hydrogen) atoms. The largest absolute Gasteiger partial charge is 0.490 e. The quantitative estimate of drug-likeness (QED) is 0.821. The number of nitrogens with zero attached hydrogens (tertiary/aromatic N) is 1. The van der Waals surface area contributed by atoms with Crippen LogP contribution in [0.1, 0.15) is 11.1 Å². The number of nitriles is 1. The maximum absolute atomic E-state index is 11.8. The molecule has 0 aliphatic rings. The Morgan fingerprint density at radius 2 is 2.09 bits per heavy atom. The van der Waals surface area contributed by atoms with E-state index in [2.05, 4.69) is 10.6 Å². The average Bonchev–Trinajstić information content (AvgIpc) is 2.55. The number of halogens is 1. The van der Waals surface area contributed by atoms with Crippen molar-refractivity contribution in [2.75, 3.05) is 18.5 Å². The zero-order valence-corrected chi connectivity index (χ0v) is 13.4. The number of para-hydroxylation sites is 1. The van der Waals surface area contributed by atoms with Gasteiger partial charge in [-0.1, -0.05) is 29.8 Å². The van der Waals surface area contributed by atoms with Gasteiger partial charge in [0.25, 0.3) is 0 Å². The van der Waals surface area contributed by atoms with Crippen LogP contribution < -0.4 is 15.4 Å². The van der Waals surface area contributed by atoms with Crippen LogP contribution in [-0.4, -0.2) is 19.2 Å². The van der Waals surface area contributed by atoms with Crippen LogP contribution in [0.4, 0.5) is 10.5 Å². The van der Waals surface area contributed by atoms with E-state index < -0.39 is 6.03 Å². The second-order valence-electron chi connectivity index (χ2n) is 4.82. The third-order valence-corrected chi connectivity index (χ3v) is 3.34. The van der Waals surface area contributed by atoms with Gasteiger partial charge in [0.05, 0.1) is 22.8 Å². The average molecular weight is 330 g/mol. The number of amides is 2. The Hall–Kier alpha value is -2.71. The Morgan fingerprint density at radius 1 is 1.30 bits per heavy atom. The van der Waals surface area contributed by atoms with Gasteiger partial charge < -0.3 is 15.4 Å². The molecule has 0 aliphatic heterocycles. The molecule has 0 spiro atoms. The molecule has 5 nitrogen and oxygen atoms in total. The maximum Gasteiger partial charge on any atom is 0.319 e. The highest BCUT2D eigenvalue weighted by Crippen LogP contribution is 2.24. The predicted molar refractivity (Wildman–Crippen MR) is 89.9 cm³/mol. The number of aryl methyl sites for hydroxylation is 1. The number of ether oxygens (including phenoxy) is 1. The SMILES string of the molecule is Cc1ccc(Cl)c(OCCNC(=O)Nc2ccccc2C#N)c1. The van der Waals surface area contributed by atoms with Gasteiger partial charge in [0.1, 0.15) is 18.4 Å². The maximum atomic E-state index is 11.8. The Bertz CT molecular complexity index is 741. The van der Waals surface area contributed by atoms with Crippen LogP contribution in [0, 0.1) is 18.3 Å². The number of hydrogen-bond acceptors (Lipinski definition) is 3. The van der Waals surface area contributed by atoms with Crippen LogP contribution in [0.2, 0.25) is 5.02 Å². The summed E-state index contributed by atoms with van der Waals surface area (Å²) >= 11 is 6.02. The van der Waals surface area contributed by atoms with Crippen LogP contribution in [0.3, 0.4) is 0 Å². The van der Waals surface area contributed by atoms with E-state index in [0.717, 1.165) is 5.56 Å². The lowest BCUT2D eigenvalue weighted by Gasteiger charge is -2.11. The Kier molecular flexibility index (Phi) is 5.84. The van der Waals surface area contributed by atoms with E-state index in [4.69, 9.17) is 21.6 Å². The molecule has 0 fully saturated rings. The molecule has 0 radical (unpaired) electrons. The molecule has 0 bridgehead atoms. The van der Waals surface area contributed by atoms with Crippen molar-refractivity contribution < 1.29 is 9.53 Å². The summed E-state index contributed by atoms with van der Waals surface area (Å²) in [6.07, 6.45) is 0. The normalized spacial score (nSPS) is 9.78. The summed E-state index contributed by atoms with van der Waals surface area (Å²) in [6.45, 7) is 2.54. The highest BCUT2D eigenvalue weighted by molar-refractivity contribution is 6.32. The molecular weight excluding hydrogens is 314 g/mol. The van der Waals surface area contributed by atoms with Gasteiger partial charge in [-0.3, -0.25) is 0 Å². The number of rotatable bonds is 5. The summed E-state index contributed by atoms with van der Waals surface area (Å²) in [5, 5.41) is 14.8. The van der Waals surface area contributed by atoms with Gasteiger partial charge in [0.2, 0.25) is 0 Å². The first-order chi connectivity index (χ1) is 11.1. The van der Waals surface area contributed by atoms with E-state index in [0.29, 0.717) is 28.6 Å². The molecule has 0 saturated heterocycles. The number of anilines is 1.